The van der Waals surface area contributed by atoms with E-state index in [0.717, 1.165) is 0 Å². The number of hydrogen-bond acceptors (Lipinski definition) is 1. The number of nitrogens with one attached hydrogen (secondary N) is 1. The van der Waals surface area contributed by atoms with E-state index < -0.39 is 0 Å². The second-order valence-electron chi connectivity index (χ2n) is 4.69. The highest BCUT2D eigenvalue weighted by Crippen LogP contribution is 2.22. The quantitative estimate of drug-likeness (QED) is 0.829. The average Bonchev–Trinajstić information content (AvgIpc) is 2.35. The number of rotatable bonds is 3. The Labute approximate surface area is 108 Å². The number of benzene rings is 2. The minimum atomic E-state index is -0.215. The molecule has 0 aliphatic heterocycles. The highest BCUT2D eigenvalue weighted by atomic mass is 19.1. The Bertz CT molecular complexity index is 549. The molecule has 1 N–H and O–H groups in total. The van der Waals surface area contributed by atoms with Crippen LogP contribution in [0.25, 0.3) is 0 Å². The molecule has 0 aliphatic rings. The van der Waals surface area contributed by atoms with Crippen LogP contribution in [0.2, 0.25) is 0 Å². The molecule has 2 aromatic rings. The number of hydrogen-bond donors (Lipinski definition) is 1. The van der Waals surface area contributed by atoms with Gasteiger partial charge in [-0.3, -0.25) is 0 Å². The van der Waals surface area contributed by atoms with Gasteiger partial charge in [-0.15, -0.1) is 0 Å². The van der Waals surface area contributed by atoms with Crippen molar-refractivity contribution < 1.29 is 4.39 Å². The predicted molar refractivity (Wildman–Crippen MR) is 74.4 cm³/mol. The predicted octanol–water partition coefficient (Wildman–Crippen LogP) is 4.62. The average molecular weight is 243 g/mol. The molecule has 1 nitrogen and oxygen atoms in total. The highest BCUT2D eigenvalue weighted by molar-refractivity contribution is 5.47. The maximum atomic E-state index is 13.5. The first-order valence-corrected chi connectivity index (χ1v) is 6.16. The molecule has 0 aliphatic carbocycles. The molecule has 0 amide bonds. The minimum absolute atomic E-state index is 0.0844. The molecule has 0 fully saturated rings. The van der Waals surface area contributed by atoms with Gasteiger partial charge in [0.05, 0.1) is 5.69 Å². The van der Waals surface area contributed by atoms with Gasteiger partial charge in [0.15, 0.2) is 0 Å². The van der Waals surface area contributed by atoms with Gasteiger partial charge in [-0.05, 0) is 49.6 Å². The lowest BCUT2D eigenvalue weighted by Gasteiger charge is -2.17. The smallest absolute Gasteiger partial charge is 0.146 e. The molecule has 2 rings (SSSR count). The van der Waals surface area contributed by atoms with Gasteiger partial charge >= 0.3 is 0 Å². The summed E-state index contributed by atoms with van der Waals surface area (Å²) in [7, 11) is 0. The van der Waals surface area contributed by atoms with Crippen LogP contribution in [0.4, 0.5) is 10.1 Å². The Morgan fingerprint density at radius 1 is 1.00 bits per heavy atom. The van der Waals surface area contributed by atoms with Crippen LogP contribution in [0, 0.1) is 19.7 Å². The number of para-hydroxylation sites is 1. The monoisotopic (exact) mass is 243 g/mol. The molecule has 0 bridgehead atoms. The third-order valence-corrected chi connectivity index (χ3v) is 3.28. The second-order valence-corrected chi connectivity index (χ2v) is 4.69. The fourth-order valence-electron chi connectivity index (χ4n) is 1.93. The standard InChI is InChI=1S/C16H18FN/c1-11-8-9-14(10-12(11)2)13(3)18-16-7-5-4-6-15(16)17/h4-10,13,18H,1-3H3. The third-order valence-electron chi connectivity index (χ3n) is 3.28. The highest BCUT2D eigenvalue weighted by Gasteiger charge is 2.08. The van der Waals surface area contributed by atoms with Gasteiger partial charge in [-0.25, -0.2) is 4.39 Å². The van der Waals surface area contributed by atoms with Crippen molar-refractivity contribution in [2.45, 2.75) is 26.8 Å². The van der Waals surface area contributed by atoms with E-state index in [1.54, 1.807) is 12.1 Å². The minimum Gasteiger partial charge on any atom is -0.376 e. The first kappa shape index (κ1) is 12.6. The van der Waals surface area contributed by atoms with Gasteiger partial charge in [-0.2, -0.15) is 0 Å². The molecule has 18 heavy (non-hydrogen) atoms. The Kier molecular flexibility index (Phi) is 3.66. The van der Waals surface area contributed by atoms with Crippen LogP contribution in [-0.4, -0.2) is 0 Å². The number of halogens is 1. The Morgan fingerprint density at radius 3 is 2.39 bits per heavy atom. The molecule has 0 aromatic heterocycles. The van der Waals surface area contributed by atoms with Crippen molar-refractivity contribution in [1.82, 2.24) is 0 Å². The number of aryl methyl sites for hydroxylation is 2. The van der Waals surface area contributed by atoms with Crippen molar-refractivity contribution in [3.8, 4) is 0 Å². The molecule has 1 atom stereocenters. The molecule has 0 radical (unpaired) electrons. The zero-order chi connectivity index (χ0) is 13.1. The molecule has 0 saturated heterocycles. The van der Waals surface area contributed by atoms with Crippen LogP contribution in [0.3, 0.4) is 0 Å². The SMILES string of the molecule is Cc1ccc(C(C)Nc2ccccc2F)cc1C. The van der Waals surface area contributed by atoms with E-state index in [1.807, 2.05) is 13.0 Å². The Morgan fingerprint density at radius 2 is 1.72 bits per heavy atom. The van der Waals surface area contributed by atoms with Crippen LogP contribution in [-0.2, 0) is 0 Å². The molecule has 1 unspecified atom stereocenters. The molecular formula is C16H18FN. The molecule has 2 aromatic carbocycles. The third kappa shape index (κ3) is 2.70. The van der Waals surface area contributed by atoms with Gasteiger partial charge in [-0.1, -0.05) is 30.3 Å². The summed E-state index contributed by atoms with van der Waals surface area (Å²) in [6.07, 6.45) is 0. The topological polar surface area (TPSA) is 12.0 Å². The Balaban J connectivity index is 2.19. The molecular weight excluding hydrogens is 225 g/mol. The largest absolute Gasteiger partial charge is 0.376 e. The maximum absolute atomic E-state index is 13.5. The summed E-state index contributed by atoms with van der Waals surface area (Å²) >= 11 is 0. The van der Waals surface area contributed by atoms with Crippen molar-refractivity contribution >= 4 is 5.69 Å². The van der Waals surface area contributed by atoms with E-state index in [4.69, 9.17) is 0 Å². The van der Waals surface area contributed by atoms with Gasteiger partial charge in [0.2, 0.25) is 0 Å². The second kappa shape index (κ2) is 5.21. The summed E-state index contributed by atoms with van der Waals surface area (Å²) < 4.78 is 13.5. The molecule has 0 spiro atoms. The van der Waals surface area contributed by atoms with Crippen molar-refractivity contribution in [2.75, 3.05) is 5.32 Å². The van der Waals surface area contributed by atoms with Crippen molar-refractivity contribution in [3.63, 3.8) is 0 Å². The summed E-state index contributed by atoms with van der Waals surface area (Å²) in [6.45, 7) is 6.22. The Hall–Kier alpha value is -1.83. The maximum Gasteiger partial charge on any atom is 0.146 e. The fraction of sp³-hybridized carbons (Fsp3) is 0.250. The lowest BCUT2D eigenvalue weighted by atomic mass is 10.0. The summed E-state index contributed by atoms with van der Waals surface area (Å²) in [5.41, 5.74) is 4.25. The van der Waals surface area contributed by atoms with Gasteiger partial charge in [0.1, 0.15) is 5.82 Å². The van der Waals surface area contributed by atoms with Gasteiger partial charge < -0.3 is 5.32 Å². The molecule has 94 valence electrons. The molecule has 0 heterocycles. The molecule has 2 heteroatoms. The van der Waals surface area contributed by atoms with Crippen LogP contribution >= 0.6 is 0 Å². The first-order valence-electron chi connectivity index (χ1n) is 6.16. The van der Waals surface area contributed by atoms with E-state index in [0.29, 0.717) is 5.69 Å². The van der Waals surface area contributed by atoms with Crippen LogP contribution in [0.15, 0.2) is 42.5 Å². The van der Waals surface area contributed by atoms with Crippen molar-refractivity contribution in [2.24, 2.45) is 0 Å². The lowest BCUT2D eigenvalue weighted by Crippen LogP contribution is -2.08. The summed E-state index contributed by atoms with van der Waals surface area (Å²) in [4.78, 5) is 0. The van der Waals surface area contributed by atoms with Gasteiger partial charge in [0.25, 0.3) is 0 Å². The van der Waals surface area contributed by atoms with Crippen LogP contribution < -0.4 is 5.32 Å². The van der Waals surface area contributed by atoms with E-state index in [2.05, 4.69) is 37.4 Å². The van der Waals surface area contributed by atoms with Crippen LogP contribution in [0.1, 0.15) is 29.7 Å². The lowest BCUT2D eigenvalue weighted by molar-refractivity contribution is 0.627. The number of anilines is 1. The van der Waals surface area contributed by atoms with E-state index in [1.165, 1.54) is 22.8 Å². The van der Waals surface area contributed by atoms with Gasteiger partial charge in [0, 0.05) is 6.04 Å². The summed E-state index contributed by atoms with van der Waals surface area (Å²) in [5.74, 6) is -0.215. The fourth-order valence-corrected chi connectivity index (χ4v) is 1.93. The zero-order valence-electron chi connectivity index (χ0n) is 11.0. The van der Waals surface area contributed by atoms with E-state index in [9.17, 15) is 4.39 Å². The summed E-state index contributed by atoms with van der Waals surface area (Å²) in [6, 6.07) is 13.2. The van der Waals surface area contributed by atoms with Crippen LogP contribution in [0.5, 0.6) is 0 Å². The van der Waals surface area contributed by atoms with E-state index >= 15 is 0 Å². The molecule has 0 saturated carbocycles. The van der Waals surface area contributed by atoms with Crippen molar-refractivity contribution in [1.29, 1.82) is 0 Å². The zero-order valence-corrected chi connectivity index (χ0v) is 11.0. The van der Waals surface area contributed by atoms with E-state index in [-0.39, 0.29) is 11.9 Å². The summed E-state index contributed by atoms with van der Waals surface area (Å²) in [5, 5.41) is 3.20. The first-order chi connectivity index (χ1) is 8.58. The normalized spacial score (nSPS) is 12.2. The van der Waals surface area contributed by atoms with Crippen molar-refractivity contribution in [3.05, 3.63) is 65.0 Å².